The zero-order valence-electron chi connectivity index (χ0n) is 9.35. The molecule has 0 aromatic heterocycles. The lowest BCUT2D eigenvalue weighted by Gasteiger charge is -2.27. The Balaban J connectivity index is 2.47. The number of primary amides is 1. The Labute approximate surface area is 113 Å². The van der Waals surface area contributed by atoms with E-state index in [2.05, 4.69) is 5.32 Å². The van der Waals surface area contributed by atoms with Gasteiger partial charge in [-0.3, -0.25) is 0 Å². The number of urea groups is 2. The molecule has 3 N–H and O–H groups in total. The quantitative estimate of drug-likeness (QED) is 0.831. The van der Waals surface area contributed by atoms with Crippen molar-refractivity contribution >= 4 is 41.0 Å². The zero-order valence-corrected chi connectivity index (χ0v) is 10.9. The van der Waals surface area contributed by atoms with Crippen molar-refractivity contribution in [3.63, 3.8) is 0 Å². The van der Waals surface area contributed by atoms with Crippen LogP contribution in [0.15, 0.2) is 18.2 Å². The molecule has 1 aliphatic rings. The number of benzene rings is 1. The van der Waals surface area contributed by atoms with Crippen molar-refractivity contribution in [2.45, 2.75) is 13.1 Å². The van der Waals surface area contributed by atoms with Crippen LogP contribution in [0.4, 0.5) is 15.3 Å². The average molecular weight is 289 g/mol. The van der Waals surface area contributed by atoms with E-state index < -0.39 is 18.2 Å². The molecule has 0 spiro atoms. The fourth-order valence-corrected chi connectivity index (χ4v) is 2.23. The second kappa shape index (κ2) is 4.55. The maximum Gasteiger partial charge on any atom is 0.342 e. The molecule has 1 aromatic carbocycles. The number of nitrogens with zero attached hydrogens (tertiary/aromatic N) is 2. The molecule has 4 amide bonds. The van der Waals surface area contributed by atoms with Crippen LogP contribution >= 0.6 is 23.2 Å². The summed E-state index contributed by atoms with van der Waals surface area (Å²) in [6.07, 6.45) is -0.540. The minimum atomic E-state index is -0.758. The predicted molar refractivity (Wildman–Crippen MR) is 68.4 cm³/mol. The van der Waals surface area contributed by atoms with E-state index in [-0.39, 0.29) is 5.02 Å². The molecule has 1 aromatic rings. The first-order chi connectivity index (χ1) is 8.41. The van der Waals surface area contributed by atoms with Crippen LogP contribution in [0.2, 0.25) is 10.0 Å². The van der Waals surface area contributed by atoms with Gasteiger partial charge in [0, 0.05) is 5.02 Å². The number of nitrogens with one attached hydrogen (secondary N) is 1. The first-order valence-electron chi connectivity index (χ1n) is 5.06. The number of amides is 4. The molecular formula is C10H10Cl2N4O2. The summed E-state index contributed by atoms with van der Waals surface area (Å²) in [5, 5.41) is 5.41. The number of anilines is 1. The van der Waals surface area contributed by atoms with Crippen molar-refractivity contribution in [2.75, 3.05) is 5.01 Å². The maximum absolute atomic E-state index is 11.8. The summed E-state index contributed by atoms with van der Waals surface area (Å²) < 4.78 is 0. The van der Waals surface area contributed by atoms with Crippen LogP contribution in [0.25, 0.3) is 0 Å². The highest BCUT2D eigenvalue weighted by Crippen LogP contribution is 2.32. The van der Waals surface area contributed by atoms with E-state index in [4.69, 9.17) is 28.9 Å². The molecule has 0 bridgehead atoms. The molecule has 96 valence electrons. The minimum Gasteiger partial charge on any atom is -0.350 e. The normalized spacial score (nSPS) is 19.1. The third-order valence-corrected chi connectivity index (χ3v) is 3.01. The van der Waals surface area contributed by atoms with Crippen LogP contribution in [0, 0.1) is 0 Å². The third-order valence-electron chi connectivity index (χ3n) is 2.47. The number of carbonyl (C=O) groups excluding carboxylic acids is 2. The first kappa shape index (κ1) is 12.8. The summed E-state index contributed by atoms with van der Waals surface area (Å²) >= 11 is 11.8. The Morgan fingerprint density at radius 2 is 2.11 bits per heavy atom. The highest BCUT2D eigenvalue weighted by atomic mass is 35.5. The molecule has 0 aliphatic carbocycles. The molecule has 8 heteroatoms. The highest BCUT2D eigenvalue weighted by Gasteiger charge is 2.39. The first-order valence-corrected chi connectivity index (χ1v) is 5.81. The molecule has 1 heterocycles. The monoisotopic (exact) mass is 288 g/mol. The molecule has 1 fully saturated rings. The summed E-state index contributed by atoms with van der Waals surface area (Å²) in [7, 11) is 0. The van der Waals surface area contributed by atoms with E-state index in [1.165, 1.54) is 12.1 Å². The Morgan fingerprint density at radius 1 is 1.44 bits per heavy atom. The molecule has 0 saturated carbocycles. The lowest BCUT2D eigenvalue weighted by molar-refractivity contribution is 0.197. The molecule has 2 rings (SSSR count). The second-order valence-electron chi connectivity index (χ2n) is 3.72. The third kappa shape index (κ3) is 2.04. The fraction of sp³-hybridized carbons (Fsp3) is 0.200. The van der Waals surface area contributed by atoms with Gasteiger partial charge in [-0.25, -0.2) is 14.6 Å². The fourth-order valence-electron chi connectivity index (χ4n) is 1.74. The van der Waals surface area contributed by atoms with Crippen molar-refractivity contribution in [3.8, 4) is 0 Å². The van der Waals surface area contributed by atoms with Crippen molar-refractivity contribution in [3.05, 3.63) is 28.2 Å². The van der Waals surface area contributed by atoms with Gasteiger partial charge in [-0.05, 0) is 25.1 Å². The van der Waals surface area contributed by atoms with Crippen LogP contribution in [-0.2, 0) is 0 Å². The maximum atomic E-state index is 11.8. The van der Waals surface area contributed by atoms with Gasteiger partial charge in [0.1, 0.15) is 6.17 Å². The van der Waals surface area contributed by atoms with E-state index >= 15 is 0 Å². The smallest absolute Gasteiger partial charge is 0.342 e. The van der Waals surface area contributed by atoms with Gasteiger partial charge < -0.3 is 11.1 Å². The van der Waals surface area contributed by atoms with Gasteiger partial charge in [0.05, 0.1) is 10.7 Å². The van der Waals surface area contributed by atoms with Gasteiger partial charge in [0.2, 0.25) is 0 Å². The number of hydrogen-bond acceptors (Lipinski definition) is 2. The van der Waals surface area contributed by atoms with Crippen molar-refractivity contribution in [1.82, 2.24) is 10.3 Å². The van der Waals surface area contributed by atoms with E-state index in [1.807, 2.05) is 0 Å². The average Bonchev–Trinajstić information content (AvgIpc) is 2.53. The molecule has 0 radical (unpaired) electrons. The molecule has 1 aliphatic heterocycles. The van der Waals surface area contributed by atoms with Crippen LogP contribution in [0.3, 0.4) is 0 Å². The summed E-state index contributed by atoms with van der Waals surface area (Å²) in [6.45, 7) is 1.63. The number of hydrazine groups is 1. The van der Waals surface area contributed by atoms with Crippen LogP contribution in [0.1, 0.15) is 6.92 Å². The van der Waals surface area contributed by atoms with Gasteiger partial charge in [-0.2, -0.15) is 5.01 Å². The standard InChI is InChI=1S/C10H10Cl2N4O2/c1-5-14-10(18)16(15(5)9(13)17)8-3-2-6(11)4-7(8)12/h2-5H,1H3,(H2,13,17)(H,14,18). The number of rotatable bonds is 1. The SMILES string of the molecule is CC1NC(=O)N(c2ccc(Cl)cc2Cl)N1C(N)=O. The highest BCUT2D eigenvalue weighted by molar-refractivity contribution is 6.36. The second-order valence-corrected chi connectivity index (χ2v) is 4.56. The summed E-state index contributed by atoms with van der Waals surface area (Å²) in [5.74, 6) is 0. The molecular weight excluding hydrogens is 279 g/mol. The summed E-state index contributed by atoms with van der Waals surface area (Å²) in [6, 6.07) is 3.35. The van der Waals surface area contributed by atoms with Crippen molar-refractivity contribution in [2.24, 2.45) is 5.73 Å². The van der Waals surface area contributed by atoms with Gasteiger partial charge in [-0.15, -0.1) is 0 Å². The minimum absolute atomic E-state index is 0.248. The molecule has 18 heavy (non-hydrogen) atoms. The predicted octanol–water partition coefficient (Wildman–Crippen LogP) is 2.16. The number of carbonyl (C=O) groups is 2. The van der Waals surface area contributed by atoms with Gasteiger partial charge in [0.25, 0.3) is 0 Å². The summed E-state index contributed by atoms with van der Waals surface area (Å²) in [4.78, 5) is 23.2. The van der Waals surface area contributed by atoms with E-state index in [1.54, 1.807) is 13.0 Å². The topological polar surface area (TPSA) is 78.7 Å². The molecule has 6 nitrogen and oxygen atoms in total. The number of nitrogens with two attached hydrogens (primary N) is 1. The van der Waals surface area contributed by atoms with Gasteiger partial charge in [-0.1, -0.05) is 23.2 Å². The van der Waals surface area contributed by atoms with E-state index in [0.29, 0.717) is 10.7 Å². The molecule has 1 saturated heterocycles. The Kier molecular flexibility index (Phi) is 3.23. The Morgan fingerprint density at radius 3 is 2.67 bits per heavy atom. The summed E-state index contributed by atoms with van der Waals surface area (Å²) in [5.41, 5.74) is 5.58. The van der Waals surface area contributed by atoms with Crippen LogP contribution in [-0.4, -0.2) is 23.2 Å². The van der Waals surface area contributed by atoms with Crippen molar-refractivity contribution in [1.29, 1.82) is 0 Å². The zero-order chi connectivity index (χ0) is 13.4. The lowest BCUT2D eigenvalue weighted by Crippen LogP contribution is -2.48. The van der Waals surface area contributed by atoms with E-state index in [9.17, 15) is 9.59 Å². The van der Waals surface area contributed by atoms with Gasteiger partial charge in [0.15, 0.2) is 0 Å². The number of halogens is 2. The van der Waals surface area contributed by atoms with E-state index in [0.717, 1.165) is 10.0 Å². The van der Waals surface area contributed by atoms with Crippen LogP contribution < -0.4 is 16.1 Å². The molecule has 1 atom stereocenters. The Hall–Kier alpha value is -1.66. The van der Waals surface area contributed by atoms with Crippen molar-refractivity contribution < 1.29 is 9.59 Å². The lowest BCUT2D eigenvalue weighted by atomic mass is 10.3. The Bertz CT molecular complexity index is 523. The van der Waals surface area contributed by atoms with Gasteiger partial charge >= 0.3 is 12.1 Å². The number of hydrogen-bond donors (Lipinski definition) is 2. The molecule has 1 unspecified atom stereocenters. The largest absolute Gasteiger partial charge is 0.350 e. The van der Waals surface area contributed by atoms with Crippen LogP contribution in [0.5, 0.6) is 0 Å².